The van der Waals surface area contributed by atoms with Crippen molar-refractivity contribution in [2.75, 3.05) is 18.5 Å². The van der Waals surface area contributed by atoms with Gasteiger partial charge in [-0.3, -0.25) is 15.3 Å². The van der Waals surface area contributed by atoms with Gasteiger partial charge < -0.3 is 14.6 Å². The lowest BCUT2D eigenvalue weighted by Crippen LogP contribution is -2.21. The number of ether oxygens (including phenoxy) is 2. The number of anilines is 1. The van der Waals surface area contributed by atoms with E-state index in [1.165, 1.54) is 11.6 Å². The average molecular weight is 476 g/mol. The molecule has 4 N–H and O–H groups in total. The number of hydrogen-bond acceptors (Lipinski definition) is 6. The lowest BCUT2D eigenvalue weighted by molar-refractivity contribution is -0.124. The molecule has 0 spiro atoms. The Labute approximate surface area is 195 Å². The monoisotopic (exact) mass is 476 g/mol. The SMILES string of the molecule is CC(/C=C/[C@H](C)[C@@H](OC(=O)Nc1ccc(F)cc1F)c1ccc(OCCO)cc1)=C\C(=O)NO. The van der Waals surface area contributed by atoms with E-state index in [2.05, 4.69) is 5.32 Å². The van der Waals surface area contributed by atoms with Crippen molar-refractivity contribution in [3.8, 4) is 5.75 Å². The second-order valence-corrected chi connectivity index (χ2v) is 7.30. The molecule has 0 heterocycles. The Kier molecular flexibility index (Phi) is 10.2. The zero-order valence-corrected chi connectivity index (χ0v) is 18.6. The van der Waals surface area contributed by atoms with Gasteiger partial charge in [0, 0.05) is 18.1 Å². The molecule has 0 aliphatic heterocycles. The number of amides is 2. The van der Waals surface area contributed by atoms with Crippen LogP contribution in [0.1, 0.15) is 25.5 Å². The number of benzene rings is 2. The van der Waals surface area contributed by atoms with Crippen LogP contribution in [0.4, 0.5) is 19.3 Å². The Balaban J connectivity index is 2.24. The molecule has 0 aliphatic rings. The molecule has 2 atom stereocenters. The number of aliphatic hydroxyl groups excluding tert-OH is 1. The number of halogens is 2. The highest BCUT2D eigenvalue weighted by Gasteiger charge is 2.23. The summed E-state index contributed by atoms with van der Waals surface area (Å²) in [6.07, 6.45) is 2.71. The zero-order valence-electron chi connectivity index (χ0n) is 18.6. The maximum Gasteiger partial charge on any atom is 0.412 e. The minimum atomic E-state index is -0.955. The highest BCUT2D eigenvalue weighted by Crippen LogP contribution is 2.30. The van der Waals surface area contributed by atoms with E-state index >= 15 is 0 Å². The Morgan fingerprint density at radius 1 is 1.15 bits per heavy atom. The molecular formula is C24H26F2N2O6. The number of rotatable bonds is 10. The third-order valence-corrected chi connectivity index (χ3v) is 4.58. The highest BCUT2D eigenvalue weighted by atomic mass is 19.1. The van der Waals surface area contributed by atoms with E-state index in [-0.39, 0.29) is 18.9 Å². The van der Waals surface area contributed by atoms with Crippen molar-refractivity contribution in [2.45, 2.75) is 20.0 Å². The molecule has 0 aliphatic carbocycles. The van der Waals surface area contributed by atoms with Crippen molar-refractivity contribution in [3.63, 3.8) is 0 Å². The normalized spacial score (nSPS) is 13.3. The van der Waals surface area contributed by atoms with Crippen LogP contribution in [-0.2, 0) is 9.53 Å². The van der Waals surface area contributed by atoms with Crippen molar-refractivity contribution in [2.24, 2.45) is 5.92 Å². The van der Waals surface area contributed by atoms with Crippen LogP contribution < -0.4 is 15.5 Å². The summed E-state index contributed by atoms with van der Waals surface area (Å²) in [7, 11) is 0. The first-order valence-electron chi connectivity index (χ1n) is 10.3. The van der Waals surface area contributed by atoms with Gasteiger partial charge in [-0.25, -0.2) is 19.1 Å². The molecule has 2 amide bonds. The summed E-state index contributed by atoms with van der Waals surface area (Å²) < 4.78 is 37.9. The van der Waals surface area contributed by atoms with Gasteiger partial charge in [-0.15, -0.1) is 0 Å². The topological polar surface area (TPSA) is 117 Å². The molecule has 2 aromatic rings. The fourth-order valence-corrected chi connectivity index (χ4v) is 2.93. The molecule has 0 bridgehead atoms. The van der Waals surface area contributed by atoms with Crippen LogP contribution in [0.25, 0.3) is 0 Å². The first-order valence-corrected chi connectivity index (χ1v) is 10.3. The third-order valence-electron chi connectivity index (χ3n) is 4.58. The second-order valence-electron chi connectivity index (χ2n) is 7.30. The van der Waals surface area contributed by atoms with Gasteiger partial charge in [-0.2, -0.15) is 0 Å². The van der Waals surface area contributed by atoms with E-state index in [4.69, 9.17) is 19.8 Å². The average Bonchev–Trinajstić information content (AvgIpc) is 2.81. The number of allylic oxidation sites excluding steroid dienone is 2. The third kappa shape index (κ3) is 8.30. The number of hydrogen-bond donors (Lipinski definition) is 4. The van der Waals surface area contributed by atoms with E-state index < -0.39 is 35.7 Å². The summed E-state index contributed by atoms with van der Waals surface area (Å²) in [4.78, 5) is 23.8. The van der Waals surface area contributed by atoms with Crippen molar-refractivity contribution in [3.05, 3.63) is 83.5 Å². The van der Waals surface area contributed by atoms with Crippen LogP contribution in [0.15, 0.2) is 66.3 Å². The quantitative estimate of drug-likeness (QED) is 0.176. The fraction of sp³-hybridized carbons (Fsp3) is 0.250. The summed E-state index contributed by atoms with van der Waals surface area (Å²) in [6, 6.07) is 9.37. The van der Waals surface area contributed by atoms with Gasteiger partial charge in [0.25, 0.3) is 5.91 Å². The number of carbonyl (C=O) groups is 2. The molecule has 0 unspecified atom stereocenters. The predicted molar refractivity (Wildman–Crippen MR) is 120 cm³/mol. The van der Waals surface area contributed by atoms with Gasteiger partial charge in [-0.1, -0.05) is 31.2 Å². The van der Waals surface area contributed by atoms with Gasteiger partial charge in [0.1, 0.15) is 30.1 Å². The molecule has 2 aromatic carbocycles. The van der Waals surface area contributed by atoms with E-state index in [0.29, 0.717) is 23.0 Å². The molecule has 0 saturated carbocycles. The van der Waals surface area contributed by atoms with E-state index in [0.717, 1.165) is 12.1 Å². The maximum atomic E-state index is 13.9. The summed E-state index contributed by atoms with van der Waals surface area (Å²) in [5.41, 5.74) is 2.39. The van der Waals surface area contributed by atoms with E-state index in [1.807, 2.05) is 0 Å². The first kappa shape index (κ1) is 26.5. The number of hydroxylamine groups is 1. The second kappa shape index (κ2) is 13.1. The maximum absolute atomic E-state index is 13.9. The van der Waals surface area contributed by atoms with Gasteiger partial charge in [-0.05, 0) is 42.3 Å². The van der Waals surface area contributed by atoms with E-state index in [1.54, 1.807) is 50.3 Å². The number of nitrogens with one attached hydrogen (secondary N) is 2. The van der Waals surface area contributed by atoms with Crippen molar-refractivity contribution in [1.82, 2.24) is 5.48 Å². The van der Waals surface area contributed by atoms with Gasteiger partial charge in [0.05, 0.1) is 12.3 Å². The van der Waals surface area contributed by atoms with Crippen molar-refractivity contribution in [1.29, 1.82) is 0 Å². The van der Waals surface area contributed by atoms with Gasteiger partial charge in [0.15, 0.2) is 0 Å². The van der Waals surface area contributed by atoms with Crippen LogP contribution in [0.5, 0.6) is 5.75 Å². The number of aliphatic hydroxyl groups is 1. The molecular weight excluding hydrogens is 450 g/mol. The zero-order chi connectivity index (χ0) is 25.1. The Morgan fingerprint density at radius 2 is 1.85 bits per heavy atom. The standard InChI is InChI=1S/C24H26F2N2O6/c1-15(13-22(30)28-32)3-4-16(2)23(17-5-8-19(9-6-17)33-12-11-29)34-24(31)27-21-10-7-18(25)14-20(21)26/h3-10,13-14,16,23,29,32H,11-12H2,1-2H3,(H,27,31)(H,28,30)/b4-3+,15-13+/t16-,23+/m0/s1. The number of carbonyl (C=O) groups excluding carboxylic acids is 2. The van der Waals surface area contributed by atoms with Crippen LogP contribution in [0.2, 0.25) is 0 Å². The predicted octanol–water partition coefficient (Wildman–Crippen LogP) is 4.27. The lowest BCUT2D eigenvalue weighted by Gasteiger charge is -2.23. The molecule has 34 heavy (non-hydrogen) atoms. The highest BCUT2D eigenvalue weighted by molar-refractivity contribution is 5.87. The van der Waals surface area contributed by atoms with Crippen LogP contribution in [-0.4, -0.2) is 35.5 Å². The summed E-state index contributed by atoms with van der Waals surface area (Å²) in [5, 5.41) is 19.8. The summed E-state index contributed by atoms with van der Waals surface area (Å²) in [6.45, 7) is 3.39. The molecule has 0 radical (unpaired) electrons. The fourth-order valence-electron chi connectivity index (χ4n) is 2.93. The molecule has 8 nitrogen and oxygen atoms in total. The van der Waals surface area contributed by atoms with Crippen LogP contribution >= 0.6 is 0 Å². The molecule has 0 fully saturated rings. The van der Waals surface area contributed by atoms with Crippen molar-refractivity contribution < 1.29 is 38.2 Å². The minimum Gasteiger partial charge on any atom is -0.491 e. The minimum absolute atomic E-state index is 0.122. The molecule has 2 rings (SSSR count). The lowest BCUT2D eigenvalue weighted by atomic mass is 9.96. The first-order chi connectivity index (χ1) is 16.2. The Hall–Kier alpha value is -3.76. The summed E-state index contributed by atoms with van der Waals surface area (Å²) in [5.74, 6) is -2.33. The van der Waals surface area contributed by atoms with Crippen LogP contribution in [0, 0.1) is 17.6 Å². The Morgan fingerprint density at radius 3 is 2.47 bits per heavy atom. The molecule has 10 heteroatoms. The van der Waals surface area contributed by atoms with Crippen molar-refractivity contribution >= 4 is 17.7 Å². The largest absolute Gasteiger partial charge is 0.491 e. The molecule has 0 aromatic heterocycles. The smallest absolute Gasteiger partial charge is 0.412 e. The van der Waals surface area contributed by atoms with Crippen LogP contribution in [0.3, 0.4) is 0 Å². The van der Waals surface area contributed by atoms with Gasteiger partial charge >= 0.3 is 6.09 Å². The Bertz CT molecular complexity index is 1040. The van der Waals surface area contributed by atoms with E-state index in [9.17, 15) is 18.4 Å². The summed E-state index contributed by atoms with van der Waals surface area (Å²) >= 11 is 0. The molecule has 182 valence electrons. The van der Waals surface area contributed by atoms with Gasteiger partial charge in [0.2, 0.25) is 0 Å². The molecule has 0 saturated heterocycles.